The molecule has 1 aliphatic heterocycles. The Kier molecular flexibility index (Phi) is 4.86. The fraction of sp³-hybridized carbons (Fsp3) is 0.640. The van der Waals surface area contributed by atoms with Gasteiger partial charge in [0, 0.05) is 44.5 Å². The molecule has 1 saturated heterocycles. The molecule has 2 bridgehead atoms. The highest BCUT2D eigenvalue weighted by molar-refractivity contribution is 5.60. The summed E-state index contributed by atoms with van der Waals surface area (Å²) < 4.78 is 7.84. The Bertz CT molecular complexity index is 953. The van der Waals surface area contributed by atoms with Crippen molar-refractivity contribution in [3.8, 4) is 17.1 Å². The number of fused-ring (bicyclic) bond motifs is 3. The summed E-state index contributed by atoms with van der Waals surface area (Å²) in [5.74, 6) is 5.71. The lowest BCUT2D eigenvalue weighted by Crippen LogP contribution is -2.30. The van der Waals surface area contributed by atoms with Gasteiger partial charge in [0.2, 0.25) is 5.88 Å². The summed E-state index contributed by atoms with van der Waals surface area (Å²) in [5.41, 5.74) is 2.84. The predicted octanol–water partition coefficient (Wildman–Crippen LogP) is 3.73. The zero-order valence-corrected chi connectivity index (χ0v) is 18.7. The van der Waals surface area contributed by atoms with Gasteiger partial charge in [-0.1, -0.05) is 12.2 Å². The molecule has 6 rings (SSSR count). The van der Waals surface area contributed by atoms with Crippen LogP contribution in [0.15, 0.2) is 30.5 Å². The van der Waals surface area contributed by atoms with Crippen LogP contribution in [0.5, 0.6) is 5.88 Å². The zero-order valence-electron chi connectivity index (χ0n) is 18.7. The third-order valence-corrected chi connectivity index (χ3v) is 8.23. The first-order valence-electron chi connectivity index (χ1n) is 12.0. The maximum absolute atomic E-state index is 6.03. The standard InChI is InChI=1S/C25H33N5O/c1-16-23(14-29(2)28-16)24-5-6-25(27-26-24)31-15-18-9-21-12-30(13-22(21)10-18)11-20-8-17-3-4-19(20)7-17/h3-6,14,17-22H,7-13,15H2,1-2H3/t17?,18?,19?,20?,21-,22+. The van der Waals surface area contributed by atoms with Crippen LogP contribution in [-0.4, -0.2) is 51.1 Å². The first-order chi connectivity index (χ1) is 15.1. The van der Waals surface area contributed by atoms with Crippen LogP contribution < -0.4 is 4.74 Å². The molecule has 0 N–H and O–H groups in total. The minimum absolute atomic E-state index is 0.633. The van der Waals surface area contributed by atoms with E-state index >= 15 is 0 Å². The summed E-state index contributed by atoms with van der Waals surface area (Å²) in [4.78, 5) is 2.77. The number of allylic oxidation sites excluding steroid dienone is 2. The molecule has 3 aliphatic carbocycles. The van der Waals surface area contributed by atoms with Gasteiger partial charge in [-0.2, -0.15) is 5.10 Å². The summed E-state index contributed by atoms with van der Waals surface area (Å²) in [6.07, 6.45) is 12.4. The highest BCUT2D eigenvalue weighted by Gasteiger charge is 2.43. The third kappa shape index (κ3) is 3.79. The maximum Gasteiger partial charge on any atom is 0.233 e. The first-order valence-corrected chi connectivity index (χ1v) is 12.0. The van der Waals surface area contributed by atoms with Crippen LogP contribution in [0.1, 0.15) is 31.4 Å². The van der Waals surface area contributed by atoms with Crippen LogP contribution in [0.3, 0.4) is 0 Å². The van der Waals surface area contributed by atoms with Crippen molar-refractivity contribution >= 4 is 0 Å². The average molecular weight is 420 g/mol. The molecule has 0 radical (unpaired) electrons. The van der Waals surface area contributed by atoms with E-state index in [2.05, 4.69) is 32.3 Å². The molecule has 2 aromatic rings. The second-order valence-corrected chi connectivity index (χ2v) is 10.5. The minimum atomic E-state index is 0.633. The third-order valence-electron chi connectivity index (χ3n) is 8.23. The highest BCUT2D eigenvalue weighted by atomic mass is 16.5. The van der Waals surface area contributed by atoms with Crippen LogP contribution in [0.4, 0.5) is 0 Å². The van der Waals surface area contributed by atoms with Crippen molar-refractivity contribution in [2.45, 2.75) is 32.6 Å². The monoisotopic (exact) mass is 419 g/mol. The fourth-order valence-electron chi connectivity index (χ4n) is 6.84. The highest BCUT2D eigenvalue weighted by Crippen LogP contribution is 2.46. The molecule has 6 heteroatoms. The lowest BCUT2D eigenvalue weighted by molar-refractivity contribution is 0.206. The molecule has 4 aliphatic rings. The molecule has 6 atom stereocenters. The molecule has 0 spiro atoms. The number of aryl methyl sites for hydroxylation is 2. The minimum Gasteiger partial charge on any atom is -0.476 e. The summed E-state index contributed by atoms with van der Waals surface area (Å²) >= 11 is 0. The molecular formula is C25H33N5O. The van der Waals surface area contributed by atoms with Gasteiger partial charge in [-0.25, -0.2) is 0 Å². The van der Waals surface area contributed by atoms with E-state index in [-0.39, 0.29) is 0 Å². The van der Waals surface area contributed by atoms with E-state index in [1.807, 2.05) is 37.0 Å². The Morgan fingerprint density at radius 3 is 2.48 bits per heavy atom. The number of aromatic nitrogens is 4. The Balaban J connectivity index is 0.979. The molecular weight excluding hydrogens is 386 g/mol. The molecule has 2 saturated carbocycles. The van der Waals surface area contributed by atoms with E-state index < -0.39 is 0 Å². The second-order valence-electron chi connectivity index (χ2n) is 10.5. The van der Waals surface area contributed by atoms with E-state index in [0.717, 1.165) is 53.1 Å². The normalized spacial score (nSPS) is 34.0. The van der Waals surface area contributed by atoms with Crippen molar-refractivity contribution in [1.82, 2.24) is 24.9 Å². The number of hydrogen-bond donors (Lipinski definition) is 0. The molecule has 0 amide bonds. The number of likely N-dealkylation sites (tertiary alicyclic amines) is 1. The smallest absolute Gasteiger partial charge is 0.233 e. The summed E-state index contributed by atoms with van der Waals surface area (Å²) in [5, 5.41) is 13.0. The van der Waals surface area contributed by atoms with Gasteiger partial charge in [0.05, 0.1) is 18.0 Å². The lowest BCUT2D eigenvalue weighted by atomic mass is 9.93. The molecule has 0 aromatic carbocycles. The molecule has 2 aromatic heterocycles. The molecule has 164 valence electrons. The van der Waals surface area contributed by atoms with Gasteiger partial charge >= 0.3 is 0 Å². The van der Waals surface area contributed by atoms with Crippen molar-refractivity contribution in [2.24, 2.45) is 42.6 Å². The van der Waals surface area contributed by atoms with E-state index in [9.17, 15) is 0 Å². The van der Waals surface area contributed by atoms with Crippen LogP contribution in [-0.2, 0) is 7.05 Å². The Hall–Kier alpha value is -2.21. The van der Waals surface area contributed by atoms with E-state index in [1.54, 1.807) is 0 Å². The van der Waals surface area contributed by atoms with E-state index in [4.69, 9.17) is 4.74 Å². The van der Waals surface area contributed by atoms with Gasteiger partial charge < -0.3 is 9.64 Å². The summed E-state index contributed by atoms with van der Waals surface area (Å²) in [6.45, 7) is 6.70. The Morgan fingerprint density at radius 2 is 1.87 bits per heavy atom. The van der Waals surface area contributed by atoms with Crippen molar-refractivity contribution in [2.75, 3.05) is 26.2 Å². The number of nitrogens with zero attached hydrogens (tertiary/aromatic N) is 5. The predicted molar refractivity (Wildman–Crippen MR) is 119 cm³/mol. The SMILES string of the molecule is Cc1nn(C)cc1-c1ccc(OCC2C[C@@H]3CN(CC4CC5C=CC4C5)C[C@@H]3C2)nn1. The topological polar surface area (TPSA) is 56.1 Å². The molecule has 3 fully saturated rings. The maximum atomic E-state index is 6.03. The van der Waals surface area contributed by atoms with E-state index in [0.29, 0.717) is 11.8 Å². The number of rotatable bonds is 6. The Morgan fingerprint density at radius 1 is 1.03 bits per heavy atom. The number of ether oxygens (including phenoxy) is 1. The van der Waals surface area contributed by atoms with Gasteiger partial charge in [-0.15, -0.1) is 10.2 Å². The molecule has 3 heterocycles. The first kappa shape index (κ1) is 19.5. The van der Waals surface area contributed by atoms with Crippen molar-refractivity contribution < 1.29 is 4.74 Å². The van der Waals surface area contributed by atoms with Crippen LogP contribution in [0, 0.1) is 42.4 Å². The molecule has 31 heavy (non-hydrogen) atoms. The zero-order chi connectivity index (χ0) is 20.9. The largest absolute Gasteiger partial charge is 0.476 e. The van der Waals surface area contributed by atoms with Crippen molar-refractivity contribution in [1.29, 1.82) is 0 Å². The van der Waals surface area contributed by atoms with Crippen LogP contribution in [0.25, 0.3) is 11.3 Å². The van der Waals surface area contributed by atoms with Gasteiger partial charge in [0.15, 0.2) is 0 Å². The Labute approximate surface area is 184 Å². The average Bonchev–Trinajstić information content (AvgIpc) is 3.55. The second kappa shape index (κ2) is 7.73. The van der Waals surface area contributed by atoms with E-state index in [1.165, 1.54) is 45.3 Å². The van der Waals surface area contributed by atoms with Crippen molar-refractivity contribution in [3.63, 3.8) is 0 Å². The van der Waals surface area contributed by atoms with Crippen LogP contribution >= 0.6 is 0 Å². The fourth-order valence-corrected chi connectivity index (χ4v) is 6.84. The van der Waals surface area contributed by atoms with Gasteiger partial charge in [0.1, 0.15) is 0 Å². The summed E-state index contributed by atoms with van der Waals surface area (Å²) in [7, 11) is 1.92. The quantitative estimate of drug-likeness (QED) is 0.668. The summed E-state index contributed by atoms with van der Waals surface area (Å²) in [6, 6.07) is 3.93. The molecule has 6 nitrogen and oxygen atoms in total. The van der Waals surface area contributed by atoms with Gasteiger partial charge in [0.25, 0.3) is 0 Å². The van der Waals surface area contributed by atoms with Crippen molar-refractivity contribution in [3.05, 3.63) is 36.2 Å². The van der Waals surface area contributed by atoms with Gasteiger partial charge in [-0.3, -0.25) is 4.68 Å². The van der Waals surface area contributed by atoms with Gasteiger partial charge in [-0.05, 0) is 74.2 Å². The number of hydrogen-bond acceptors (Lipinski definition) is 5. The van der Waals surface area contributed by atoms with Crippen LogP contribution in [0.2, 0.25) is 0 Å². The molecule has 4 unspecified atom stereocenters. The lowest BCUT2D eigenvalue weighted by Gasteiger charge is -2.26.